The van der Waals surface area contributed by atoms with E-state index in [-0.39, 0.29) is 5.41 Å². The number of hydrogen-bond donors (Lipinski definition) is 1. The van der Waals surface area contributed by atoms with Crippen molar-refractivity contribution in [3.05, 3.63) is 45.9 Å². The highest BCUT2D eigenvalue weighted by Gasteiger charge is 2.17. The fraction of sp³-hybridized carbons (Fsp3) is 0.438. The lowest BCUT2D eigenvalue weighted by Crippen LogP contribution is -2.11. The maximum atomic E-state index is 5.77. The lowest BCUT2D eigenvalue weighted by atomic mass is 9.93. The lowest BCUT2D eigenvalue weighted by Gasteiger charge is -2.14. The molecule has 0 spiro atoms. The standard InChI is InChI=1S/C16H22N2OS/c1-16(2,3)14-11-20-15(18-14)10-19-13-6-4-12(5-7-13)8-9-17/h4-7,11H,8-10,17H2,1-3H3. The van der Waals surface area contributed by atoms with E-state index < -0.39 is 0 Å². The van der Waals surface area contributed by atoms with Gasteiger partial charge in [0.15, 0.2) is 0 Å². The van der Waals surface area contributed by atoms with Crippen molar-refractivity contribution in [2.45, 2.75) is 39.2 Å². The number of nitrogens with two attached hydrogens (primary N) is 1. The number of aromatic nitrogens is 1. The predicted molar refractivity (Wildman–Crippen MR) is 84.3 cm³/mol. The molecule has 1 aromatic carbocycles. The van der Waals surface area contributed by atoms with Crippen LogP contribution in [0.3, 0.4) is 0 Å². The third-order valence-electron chi connectivity index (χ3n) is 3.04. The zero-order valence-electron chi connectivity index (χ0n) is 12.3. The van der Waals surface area contributed by atoms with Gasteiger partial charge in [0.2, 0.25) is 0 Å². The average Bonchev–Trinajstić information content (AvgIpc) is 2.87. The van der Waals surface area contributed by atoms with E-state index in [1.165, 1.54) is 5.56 Å². The van der Waals surface area contributed by atoms with Gasteiger partial charge in [0.05, 0.1) is 5.69 Å². The molecule has 0 amide bonds. The molecule has 4 heteroatoms. The molecule has 0 aliphatic heterocycles. The van der Waals surface area contributed by atoms with Crippen molar-refractivity contribution in [1.29, 1.82) is 0 Å². The first-order valence-corrected chi connectivity index (χ1v) is 7.73. The predicted octanol–water partition coefficient (Wildman–Crippen LogP) is 3.52. The second-order valence-electron chi connectivity index (χ2n) is 5.85. The fourth-order valence-electron chi connectivity index (χ4n) is 1.79. The molecule has 20 heavy (non-hydrogen) atoms. The maximum absolute atomic E-state index is 5.77. The first-order valence-electron chi connectivity index (χ1n) is 6.86. The van der Waals surface area contributed by atoms with Gasteiger partial charge in [-0.25, -0.2) is 4.98 Å². The van der Waals surface area contributed by atoms with Gasteiger partial charge in [-0.15, -0.1) is 11.3 Å². The van der Waals surface area contributed by atoms with E-state index in [4.69, 9.17) is 10.5 Å². The third kappa shape index (κ3) is 4.05. The third-order valence-corrected chi connectivity index (χ3v) is 3.86. The summed E-state index contributed by atoms with van der Waals surface area (Å²) in [5.74, 6) is 0.873. The normalized spacial score (nSPS) is 11.6. The van der Waals surface area contributed by atoms with Gasteiger partial charge in [0, 0.05) is 10.8 Å². The highest BCUT2D eigenvalue weighted by atomic mass is 32.1. The summed E-state index contributed by atoms with van der Waals surface area (Å²) in [4.78, 5) is 4.62. The molecule has 0 bridgehead atoms. The molecule has 2 rings (SSSR count). The second-order valence-corrected chi connectivity index (χ2v) is 6.79. The Labute approximate surface area is 124 Å². The molecule has 0 atom stereocenters. The summed E-state index contributed by atoms with van der Waals surface area (Å²) in [7, 11) is 0. The number of ether oxygens (including phenoxy) is 1. The van der Waals surface area contributed by atoms with Gasteiger partial charge < -0.3 is 10.5 Å². The molecular formula is C16H22N2OS. The SMILES string of the molecule is CC(C)(C)c1csc(COc2ccc(CCN)cc2)n1. The Morgan fingerprint density at radius 1 is 1.20 bits per heavy atom. The van der Waals surface area contributed by atoms with Crippen LogP contribution in [0.2, 0.25) is 0 Å². The number of rotatable bonds is 5. The van der Waals surface area contributed by atoms with E-state index in [0.717, 1.165) is 22.9 Å². The molecule has 2 N–H and O–H groups in total. The molecule has 0 unspecified atom stereocenters. The summed E-state index contributed by atoms with van der Waals surface area (Å²) < 4.78 is 5.77. The van der Waals surface area contributed by atoms with E-state index in [1.807, 2.05) is 12.1 Å². The Balaban J connectivity index is 1.93. The molecule has 0 aliphatic carbocycles. The largest absolute Gasteiger partial charge is 0.486 e. The summed E-state index contributed by atoms with van der Waals surface area (Å²) in [5, 5.41) is 3.13. The minimum atomic E-state index is 0.0959. The molecule has 3 nitrogen and oxygen atoms in total. The van der Waals surface area contributed by atoms with Crippen LogP contribution in [0.25, 0.3) is 0 Å². The molecule has 0 radical (unpaired) electrons. The van der Waals surface area contributed by atoms with E-state index in [9.17, 15) is 0 Å². The van der Waals surface area contributed by atoms with Crippen molar-refractivity contribution in [3.8, 4) is 5.75 Å². The number of thiazole rings is 1. The Bertz CT molecular complexity index is 540. The molecule has 108 valence electrons. The summed E-state index contributed by atoms with van der Waals surface area (Å²) in [5.41, 5.74) is 7.99. The molecule has 0 saturated carbocycles. The lowest BCUT2D eigenvalue weighted by molar-refractivity contribution is 0.305. The highest BCUT2D eigenvalue weighted by molar-refractivity contribution is 7.09. The van der Waals surface area contributed by atoms with Crippen LogP contribution >= 0.6 is 11.3 Å². The number of benzene rings is 1. The first kappa shape index (κ1) is 15.0. The van der Waals surface area contributed by atoms with Crippen molar-refractivity contribution >= 4 is 11.3 Å². The second kappa shape index (κ2) is 6.37. The summed E-state index contributed by atoms with van der Waals surface area (Å²) >= 11 is 1.65. The molecule has 0 fully saturated rings. The molecule has 1 heterocycles. The first-order chi connectivity index (χ1) is 9.49. The van der Waals surface area contributed by atoms with Crippen molar-refractivity contribution in [2.75, 3.05) is 6.54 Å². The van der Waals surface area contributed by atoms with Crippen LogP contribution in [0.4, 0.5) is 0 Å². The van der Waals surface area contributed by atoms with Crippen molar-refractivity contribution < 1.29 is 4.74 Å². The van der Waals surface area contributed by atoms with E-state index in [0.29, 0.717) is 13.2 Å². The molecular weight excluding hydrogens is 268 g/mol. The average molecular weight is 290 g/mol. The van der Waals surface area contributed by atoms with Gasteiger partial charge in [0.25, 0.3) is 0 Å². The smallest absolute Gasteiger partial charge is 0.140 e. The number of nitrogens with zero attached hydrogens (tertiary/aromatic N) is 1. The molecule has 0 saturated heterocycles. The Morgan fingerprint density at radius 2 is 1.90 bits per heavy atom. The van der Waals surface area contributed by atoms with Crippen LogP contribution in [-0.2, 0) is 18.4 Å². The summed E-state index contributed by atoms with van der Waals surface area (Å²) in [6.07, 6.45) is 0.904. The van der Waals surface area contributed by atoms with Crippen LogP contribution in [0.15, 0.2) is 29.6 Å². The monoisotopic (exact) mass is 290 g/mol. The molecule has 1 aromatic heterocycles. The summed E-state index contributed by atoms with van der Waals surface area (Å²) in [6.45, 7) is 7.71. The van der Waals surface area contributed by atoms with Crippen LogP contribution in [0, 0.1) is 0 Å². The molecule has 2 aromatic rings. The van der Waals surface area contributed by atoms with Crippen molar-refractivity contribution in [1.82, 2.24) is 4.98 Å². The van der Waals surface area contributed by atoms with Crippen LogP contribution in [-0.4, -0.2) is 11.5 Å². The van der Waals surface area contributed by atoms with Crippen LogP contribution < -0.4 is 10.5 Å². The zero-order chi connectivity index (χ0) is 14.6. The van der Waals surface area contributed by atoms with Crippen LogP contribution in [0.5, 0.6) is 5.75 Å². The van der Waals surface area contributed by atoms with Gasteiger partial charge in [-0.3, -0.25) is 0 Å². The van der Waals surface area contributed by atoms with Gasteiger partial charge in [-0.05, 0) is 30.7 Å². The van der Waals surface area contributed by atoms with Gasteiger partial charge in [-0.2, -0.15) is 0 Å². The maximum Gasteiger partial charge on any atom is 0.140 e. The van der Waals surface area contributed by atoms with Gasteiger partial charge in [-0.1, -0.05) is 32.9 Å². The Morgan fingerprint density at radius 3 is 2.45 bits per heavy atom. The van der Waals surface area contributed by atoms with Gasteiger partial charge >= 0.3 is 0 Å². The number of hydrogen-bond acceptors (Lipinski definition) is 4. The minimum absolute atomic E-state index is 0.0959. The van der Waals surface area contributed by atoms with E-state index in [1.54, 1.807) is 11.3 Å². The summed E-state index contributed by atoms with van der Waals surface area (Å²) in [6, 6.07) is 8.10. The zero-order valence-corrected chi connectivity index (χ0v) is 13.2. The van der Waals surface area contributed by atoms with Crippen LogP contribution in [0.1, 0.15) is 37.0 Å². The fourth-order valence-corrected chi connectivity index (χ4v) is 2.72. The van der Waals surface area contributed by atoms with Crippen molar-refractivity contribution in [2.24, 2.45) is 5.73 Å². The Hall–Kier alpha value is -1.39. The Kier molecular flexibility index (Phi) is 4.78. The highest BCUT2D eigenvalue weighted by Crippen LogP contribution is 2.24. The van der Waals surface area contributed by atoms with E-state index in [2.05, 4.69) is 43.3 Å². The molecule has 0 aliphatic rings. The van der Waals surface area contributed by atoms with Gasteiger partial charge in [0.1, 0.15) is 17.4 Å². The topological polar surface area (TPSA) is 48.1 Å². The minimum Gasteiger partial charge on any atom is -0.486 e. The van der Waals surface area contributed by atoms with E-state index >= 15 is 0 Å². The quantitative estimate of drug-likeness (QED) is 0.916. The van der Waals surface area contributed by atoms with Crippen molar-refractivity contribution in [3.63, 3.8) is 0 Å².